The van der Waals surface area contributed by atoms with Gasteiger partial charge in [0.2, 0.25) is 21.9 Å². The van der Waals surface area contributed by atoms with E-state index in [1.54, 1.807) is 37.5 Å². The first-order valence-corrected chi connectivity index (χ1v) is 11.1. The topological polar surface area (TPSA) is 123 Å². The molecular weight excluding hydrogens is 388 g/mol. The van der Waals surface area contributed by atoms with Crippen LogP contribution < -0.4 is 11.1 Å². The molecule has 1 aromatic heterocycles. The highest BCUT2D eigenvalue weighted by Crippen LogP contribution is 2.23. The van der Waals surface area contributed by atoms with Gasteiger partial charge in [-0.05, 0) is 37.4 Å². The van der Waals surface area contributed by atoms with Crippen LogP contribution in [-0.2, 0) is 14.8 Å². The van der Waals surface area contributed by atoms with E-state index in [0.29, 0.717) is 23.9 Å². The standard InChI is InChI=1S/C16H24N6O3S2/c1-5-21(6-2)27(24,25)13-9-7-12(8-10-13)18-14(23)11(3)22-15(17)19-20-16(22)26-4/h7-11H,5-6H2,1-4H3,(H2,17,19)(H,18,23). The van der Waals surface area contributed by atoms with Crippen molar-refractivity contribution in [2.75, 3.05) is 30.4 Å². The number of sulfonamides is 1. The van der Waals surface area contributed by atoms with Gasteiger partial charge < -0.3 is 11.1 Å². The molecule has 0 aliphatic carbocycles. The number of nitrogen functional groups attached to an aromatic ring is 1. The van der Waals surface area contributed by atoms with Gasteiger partial charge in [-0.1, -0.05) is 25.6 Å². The third kappa shape index (κ3) is 4.42. The average molecular weight is 413 g/mol. The van der Waals surface area contributed by atoms with Crippen molar-refractivity contribution in [1.29, 1.82) is 0 Å². The minimum absolute atomic E-state index is 0.155. The lowest BCUT2D eigenvalue weighted by Crippen LogP contribution is -2.30. The first-order valence-electron chi connectivity index (χ1n) is 8.41. The smallest absolute Gasteiger partial charge is 0.247 e. The Bertz CT molecular complexity index is 891. The van der Waals surface area contributed by atoms with Crippen LogP contribution in [0.2, 0.25) is 0 Å². The van der Waals surface area contributed by atoms with Crippen LogP contribution in [0.5, 0.6) is 0 Å². The Labute approximate surface area is 163 Å². The quantitative estimate of drug-likeness (QED) is 0.634. The van der Waals surface area contributed by atoms with Gasteiger partial charge in [0.05, 0.1) is 4.90 Å². The van der Waals surface area contributed by atoms with Crippen molar-refractivity contribution in [3.8, 4) is 0 Å². The second-order valence-corrected chi connectivity index (χ2v) is 8.41. The third-order valence-electron chi connectivity index (χ3n) is 4.11. The maximum atomic E-state index is 12.5. The molecule has 0 saturated carbocycles. The van der Waals surface area contributed by atoms with Crippen molar-refractivity contribution in [1.82, 2.24) is 19.1 Å². The predicted molar refractivity (Wildman–Crippen MR) is 106 cm³/mol. The molecule has 2 aromatic rings. The number of nitrogens with two attached hydrogens (primary N) is 1. The molecule has 27 heavy (non-hydrogen) atoms. The van der Waals surface area contributed by atoms with E-state index in [2.05, 4.69) is 15.5 Å². The summed E-state index contributed by atoms with van der Waals surface area (Å²) < 4.78 is 27.9. The Hall–Kier alpha value is -2.11. The SMILES string of the molecule is CCN(CC)S(=O)(=O)c1ccc(NC(=O)C(C)n2c(N)nnc2SC)cc1. The molecule has 3 N–H and O–H groups in total. The molecule has 2 rings (SSSR count). The number of hydrogen-bond acceptors (Lipinski definition) is 7. The molecule has 0 aliphatic rings. The van der Waals surface area contributed by atoms with Crippen LogP contribution in [0.15, 0.2) is 34.3 Å². The zero-order valence-electron chi connectivity index (χ0n) is 15.7. The van der Waals surface area contributed by atoms with E-state index in [9.17, 15) is 13.2 Å². The zero-order valence-corrected chi connectivity index (χ0v) is 17.3. The van der Waals surface area contributed by atoms with E-state index in [4.69, 9.17) is 5.73 Å². The number of rotatable bonds is 8. The first-order chi connectivity index (χ1) is 12.8. The fraction of sp³-hybridized carbons (Fsp3) is 0.438. The van der Waals surface area contributed by atoms with Crippen molar-refractivity contribution in [2.24, 2.45) is 0 Å². The molecule has 0 aliphatic heterocycles. The summed E-state index contributed by atoms with van der Waals surface area (Å²) in [5.41, 5.74) is 6.28. The predicted octanol–water partition coefficient (Wildman–Crippen LogP) is 1.81. The first kappa shape index (κ1) is 21.2. The van der Waals surface area contributed by atoms with Gasteiger partial charge in [-0.2, -0.15) is 4.31 Å². The Morgan fingerprint density at radius 2 is 1.85 bits per heavy atom. The Balaban J connectivity index is 2.16. The summed E-state index contributed by atoms with van der Waals surface area (Å²) in [6.45, 7) is 6.06. The van der Waals surface area contributed by atoms with Gasteiger partial charge in [-0.25, -0.2) is 8.42 Å². The number of anilines is 2. The number of carbonyl (C=O) groups is 1. The van der Waals surface area contributed by atoms with Crippen LogP contribution in [0.25, 0.3) is 0 Å². The van der Waals surface area contributed by atoms with Gasteiger partial charge in [-0.15, -0.1) is 10.2 Å². The number of nitrogens with one attached hydrogen (secondary N) is 1. The molecule has 1 atom stereocenters. The number of nitrogens with zero attached hydrogens (tertiary/aromatic N) is 4. The molecule has 0 bridgehead atoms. The molecule has 148 valence electrons. The van der Waals surface area contributed by atoms with E-state index < -0.39 is 16.1 Å². The summed E-state index contributed by atoms with van der Waals surface area (Å²) in [6.07, 6.45) is 1.82. The van der Waals surface area contributed by atoms with Crippen molar-refractivity contribution in [3.05, 3.63) is 24.3 Å². The molecule has 0 spiro atoms. The normalized spacial score (nSPS) is 12.9. The number of carbonyl (C=O) groups excluding carboxylic acids is 1. The summed E-state index contributed by atoms with van der Waals surface area (Å²) in [5, 5.41) is 11.0. The van der Waals surface area contributed by atoms with Crippen LogP contribution in [0.1, 0.15) is 26.8 Å². The molecule has 0 fully saturated rings. The van der Waals surface area contributed by atoms with Crippen LogP contribution in [0, 0.1) is 0 Å². The van der Waals surface area contributed by atoms with Crippen molar-refractivity contribution >= 4 is 39.3 Å². The molecule has 1 amide bonds. The van der Waals surface area contributed by atoms with E-state index in [1.807, 2.05) is 6.26 Å². The van der Waals surface area contributed by atoms with Gasteiger partial charge in [-0.3, -0.25) is 9.36 Å². The van der Waals surface area contributed by atoms with E-state index in [0.717, 1.165) is 0 Å². The molecule has 11 heteroatoms. The number of thioether (sulfide) groups is 1. The van der Waals surface area contributed by atoms with Crippen molar-refractivity contribution < 1.29 is 13.2 Å². The van der Waals surface area contributed by atoms with Crippen molar-refractivity contribution in [2.45, 2.75) is 36.9 Å². The Morgan fingerprint density at radius 1 is 1.26 bits per heavy atom. The lowest BCUT2D eigenvalue weighted by molar-refractivity contribution is -0.118. The number of hydrogen-bond donors (Lipinski definition) is 2. The maximum Gasteiger partial charge on any atom is 0.247 e. The molecule has 1 unspecified atom stereocenters. The van der Waals surface area contributed by atoms with E-state index in [1.165, 1.54) is 28.2 Å². The summed E-state index contributed by atoms with van der Waals surface area (Å²) in [5.74, 6) is -0.154. The molecule has 1 heterocycles. The minimum atomic E-state index is -3.53. The Kier molecular flexibility index (Phi) is 6.84. The van der Waals surface area contributed by atoms with Gasteiger partial charge in [0.15, 0.2) is 5.16 Å². The van der Waals surface area contributed by atoms with E-state index >= 15 is 0 Å². The van der Waals surface area contributed by atoms with E-state index in [-0.39, 0.29) is 16.8 Å². The number of amides is 1. The Morgan fingerprint density at radius 3 is 2.37 bits per heavy atom. The number of benzene rings is 1. The summed E-state index contributed by atoms with van der Waals surface area (Å²) in [6, 6.07) is 5.46. The third-order valence-corrected chi connectivity index (χ3v) is 6.81. The van der Waals surface area contributed by atoms with Crippen LogP contribution in [-0.4, -0.2) is 52.7 Å². The zero-order chi connectivity index (χ0) is 20.2. The lowest BCUT2D eigenvalue weighted by Gasteiger charge is -2.19. The van der Waals surface area contributed by atoms with Gasteiger partial charge in [0, 0.05) is 18.8 Å². The molecular formula is C16H24N6O3S2. The highest BCUT2D eigenvalue weighted by Gasteiger charge is 2.23. The molecule has 9 nitrogen and oxygen atoms in total. The highest BCUT2D eigenvalue weighted by atomic mass is 32.2. The van der Waals surface area contributed by atoms with Gasteiger partial charge >= 0.3 is 0 Å². The minimum Gasteiger partial charge on any atom is -0.368 e. The second kappa shape index (κ2) is 8.72. The monoisotopic (exact) mass is 412 g/mol. The van der Waals surface area contributed by atoms with Gasteiger partial charge in [0.1, 0.15) is 6.04 Å². The molecule has 1 aromatic carbocycles. The maximum absolute atomic E-state index is 12.5. The highest BCUT2D eigenvalue weighted by molar-refractivity contribution is 7.98. The van der Waals surface area contributed by atoms with Crippen LogP contribution in [0.4, 0.5) is 11.6 Å². The summed E-state index contributed by atoms with van der Waals surface area (Å²) in [7, 11) is -3.53. The second-order valence-electron chi connectivity index (χ2n) is 5.69. The molecule has 0 radical (unpaired) electrons. The largest absolute Gasteiger partial charge is 0.368 e. The van der Waals surface area contributed by atoms with Crippen LogP contribution >= 0.6 is 11.8 Å². The van der Waals surface area contributed by atoms with Gasteiger partial charge in [0.25, 0.3) is 0 Å². The lowest BCUT2D eigenvalue weighted by atomic mass is 10.2. The average Bonchev–Trinajstić information content (AvgIpc) is 3.02. The summed E-state index contributed by atoms with van der Waals surface area (Å²) in [4.78, 5) is 12.7. The number of aromatic nitrogens is 3. The summed E-state index contributed by atoms with van der Waals surface area (Å²) >= 11 is 1.34. The van der Waals surface area contributed by atoms with Crippen LogP contribution in [0.3, 0.4) is 0 Å². The van der Waals surface area contributed by atoms with Crippen molar-refractivity contribution in [3.63, 3.8) is 0 Å². The fourth-order valence-corrected chi connectivity index (χ4v) is 4.61. The molecule has 0 saturated heterocycles. The fourth-order valence-electron chi connectivity index (χ4n) is 2.58.